The van der Waals surface area contributed by atoms with Crippen molar-refractivity contribution < 1.29 is 4.79 Å². The third kappa shape index (κ3) is 2.77. The number of carbonyl (C=O) groups excluding carboxylic acids is 1. The zero-order chi connectivity index (χ0) is 15.0. The van der Waals surface area contributed by atoms with Gasteiger partial charge in [-0.3, -0.25) is 9.78 Å². The van der Waals surface area contributed by atoms with E-state index in [-0.39, 0.29) is 0 Å². The molecule has 2 heterocycles. The highest BCUT2D eigenvalue weighted by molar-refractivity contribution is 6.48. The minimum atomic E-state index is 0.351. The second kappa shape index (κ2) is 5.68. The average molecular weight is 340 g/mol. The number of hydrogen-bond donors (Lipinski definition) is 1. The van der Waals surface area contributed by atoms with Gasteiger partial charge in [-0.2, -0.15) is 0 Å². The summed E-state index contributed by atoms with van der Waals surface area (Å²) < 4.78 is 0. The molecule has 0 saturated heterocycles. The first-order chi connectivity index (χ1) is 10.1. The number of H-pyrrole nitrogens is 1. The summed E-state index contributed by atoms with van der Waals surface area (Å²) in [4.78, 5) is 18.5. The Morgan fingerprint density at radius 3 is 2.52 bits per heavy atom. The van der Waals surface area contributed by atoms with Crippen molar-refractivity contribution in [1.29, 1.82) is 0 Å². The number of fused-ring (bicyclic) bond motifs is 1. The van der Waals surface area contributed by atoms with E-state index in [4.69, 9.17) is 34.8 Å². The Morgan fingerprint density at radius 1 is 1.14 bits per heavy atom. The number of nitrogens with one attached hydrogen (secondary N) is 1. The summed E-state index contributed by atoms with van der Waals surface area (Å²) in [6.45, 7) is 0. The maximum absolute atomic E-state index is 11.0. The smallest absolute Gasteiger partial charge is 0.152 e. The number of carbonyl (C=O) groups is 1. The van der Waals surface area contributed by atoms with Crippen molar-refractivity contribution >= 4 is 52.1 Å². The number of nitrogens with zero attached hydrogens (tertiary/aromatic N) is 1. The van der Waals surface area contributed by atoms with Gasteiger partial charge in [0.1, 0.15) is 0 Å². The molecular formula is C15H9Cl3N2O. The summed E-state index contributed by atoms with van der Waals surface area (Å²) in [5, 5.41) is 1.19. The van der Waals surface area contributed by atoms with Crippen molar-refractivity contribution in [3.63, 3.8) is 0 Å². The van der Waals surface area contributed by atoms with E-state index in [1.54, 1.807) is 24.4 Å². The van der Waals surface area contributed by atoms with Crippen LogP contribution >= 0.6 is 34.8 Å². The largest absolute Gasteiger partial charge is 0.356 e. The second-order valence-electron chi connectivity index (χ2n) is 4.62. The summed E-state index contributed by atoms with van der Waals surface area (Å²) >= 11 is 18.0. The summed E-state index contributed by atoms with van der Waals surface area (Å²) in [6, 6.07) is 7.12. The molecule has 0 unspecified atom stereocenters. The van der Waals surface area contributed by atoms with Crippen LogP contribution in [-0.4, -0.2) is 16.3 Å². The van der Waals surface area contributed by atoms with Gasteiger partial charge < -0.3 is 4.98 Å². The first kappa shape index (κ1) is 14.4. The SMILES string of the molecule is O=Cc1ccnc2cc(Cc3cc(Cl)c(Cl)c(Cl)c3)[nH]c12. The lowest BCUT2D eigenvalue weighted by molar-refractivity contribution is 0.112. The third-order valence-electron chi connectivity index (χ3n) is 3.17. The van der Waals surface area contributed by atoms with Crippen LogP contribution < -0.4 is 0 Å². The lowest BCUT2D eigenvalue weighted by atomic mass is 10.1. The van der Waals surface area contributed by atoms with Crippen molar-refractivity contribution in [3.8, 4) is 0 Å². The maximum atomic E-state index is 11.0. The van der Waals surface area contributed by atoms with Crippen LogP contribution in [0.1, 0.15) is 21.6 Å². The molecule has 1 aromatic carbocycles. The van der Waals surface area contributed by atoms with Gasteiger partial charge in [0.15, 0.2) is 6.29 Å². The van der Waals surface area contributed by atoms with Gasteiger partial charge in [0.2, 0.25) is 0 Å². The number of halogens is 3. The number of benzene rings is 1. The fourth-order valence-corrected chi connectivity index (χ4v) is 2.87. The van der Waals surface area contributed by atoms with Crippen molar-refractivity contribution in [2.75, 3.05) is 0 Å². The molecule has 0 radical (unpaired) electrons. The zero-order valence-electron chi connectivity index (χ0n) is 10.7. The summed E-state index contributed by atoms with van der Waals surface area (Å²) in [7, 11) is 0. The predicted octanol–water partition coefficient (Wildman–Crippen LogP) is 4.93. The summed E-state index contributed by atoms with van der Waals surface area (Å²) in [5.74, 6) is 0. The van der Waals surface area contributed by atoms with Crippen LogP contribution in [0.15, 0.2) is 30.5 Å². The highest BCUT2D eigenvalue weighted by atomic mass is 35.5. The molecule has 0 spiro atoms. The molecule has 3 nitrogen and oxygen atoms in total. The monoisotopic (exact) mass is 338 g/mol. The van der Waals surface area contributed by atoms with Gasteiger partial charge in [-0.1, -0.05) is 34.8 Å². The molecule has 0 aliphatic rings. The molecule has 0 atom stereocenters. The van der Waals surface area contributed by atoms with E-state index in [2.05, 4.69) is 9.97 Å². The van der Waals surface area contributed by atoms with E-state index in [0.29, 0.717) is 27.1 Å². The Hall–Kier alpha value is -1.55. The first-order valence-electron chi connectivity index (χ1n) is 6.13. The number of hydrogen-bond acceptors (Lipinski definition) is 2. The number of aromatic amines is 1. The van der Waals surface area contributed by atoms with Crippen LogP contribution in [0.2, 0.25) is 15.1 Å². The van der Waals surface area contributed by atoms with E-state index < -0.39 is 0 Å². The fraction of sp³-hybridized carbons (Fsp3) is 0.0667. The van der Waals surface area contributed by atoms with Crippen LogP contribution in [0, 0.1) is 0 Å². The molecule has 3 rings (SSSR count). The Kier molecular flexibility index (Phi) is 3.89. The number of aldehydes is 1. The predicted molar refractivity (Wildman–Crippen MR) is 85.8 cm³/mol. The van der Waals surface area contributed by atoms with Gasteiger partial charge in [0, 0.05) is 23.9 Å². The number of aromatic nitrogens is 2. The van der Waals surface area contributed by atoms with E-state index >= 15 is 0 Å². The summed E-state index contributed by atoms with van der Waals surface area (Å²) in [6.07, 6.45) is 3.01. The lowest BCUT2D eigenvalue weighted by Crippen LogP contribution is -1.89. The van der Waals surface area contributed by atoms with Gasteiger partial charge in [-0.25, -0.2) is 0 Å². The number of pyridine rings is 1. The Morgan fingerprint density at radius 2 is 1.86 bits per heavy atom. The van der Waals surface area contributed by atoms with E-state index in [9.17, 15) is 4.79 Å². The van der Waals surface area contributed by atoms with Crippen LogP contribution in [0.5, 0.6) is 0 Å². The minimum Gasteiger partial charge on any atom is -0.356 e. The molecule has 106 valence electrons. The zero-order valence-corrected chi connectivity index (χ0v) is 12.9. The summed E-state index contributed by atoms with van der Waals surface area (Å²) in [5.41, 5.74) is 3.91. The molecule has 3 aromatic rings. The fourth-order valence-electron chi connectivity index (χ4n) is 2.22. The molecule has 0 bridgehead atoms. The molecule has 6 heteroatoms. The maximum Gasteiger partial charge on any atom is 0.152 e. The molecule has 0 aliphatic heterocycles. The quantitative estimate of drug-likeness (QED) is 0.543. The first-order valence-corrected chi connectivity index (χ1v) is 7.27. The highest BCUT2D eigenvalue weighted by Crippen LogP contribution is 2.32. The van der Waals surface area contributed by atoms with Gasteiger partial charge >= 0.3 is 0 Å². The van der Waals surface area contributed by atoms with Crippen molar-refractivity contribution in [3.05, 3.63) is 62.4 Å². The molecule has 0 amide bonds. The van der Waals surface area contributed by atoms with Crippen LogP contribution in [0.25, 0.3) is 11.0 Å². The van der Waals surface area contributed by atoms with Crippen LogP contribution in [0.4, 0.5) is 0 Å². The normalized spacial score (nSPS) is 11.0. The van der Waals surface area contributed by atoms with E-state index in [1.165, 1.54) is 0 Å². The van der Waals surface area contributed by atoms with E-state index in [0.717, 1.165) is 28.6 Å². The van der Waals surface area contributed by atoms with Crippen molar-refractivity contribution in [1.82, 2.24) is 9.97 Å². The Bertz CT molecular complexity index is 819. The molecule has 0 aliphatic carbocycles. The average Bonchev–Trinajstić information content (AvgIpc) is 2.86. The molecular weight excluding hydrogens is 331 g/mol. The molecule has 1 N–H and O–H groups in total. The standard InChI is InChI=1S/C15H9Cl3N2O/c16-11-4-8(5-12(17)14(11)18)3-10-6-13-15(20-10)9(7-21)1-2-19-13/h1-2,4-7,20H,3H2. The Balaban J connectivity index is 2.00. The van der Waals surface area contributed by atoms with Crippen LogP contribution in [-0.2, 0) is 6.42 Å². The molecule has 0 fully saturated rings. The van der Waals surface area contributed by atoms with Gasteiger partial charge in [-0.05, 0) is 29.8 Å². The molecule has 21 heavy (non-hydrogen) atoms. The molecule has 0 saturated carbocycles. The highest BCUT2D eigenvalue weighted by Gasteiger charge is 2.10. The minimum absolute atomic E-state index is 0.351. The lowest BCUT2D eigenvalue weighted by Gasteiger charge is -2.04. The van der Waals surface area contributed by atoms with Gasteiger partial charge in [0.05, 0.1) is 26.1 Å². The molecule has 2 aromatic heterocycles. The van der Waals surface area contributed by atoms with Crippen molar-refractivity contribution in [2.24, 2.45) is 0 Å². The topological polar surface area (TPSA) is 45.8 Å². The Labute approximate surface area is 135 Å². The number of rotatable bonds is 3. The van der Waals surface area contributed by atoms with Gasteiger partial charge in [0.25, 0.3) is 0 Å². The second-order valence-corrected chi connectivity index (χ2v) is 5.82. The van der Waals surface area contributed by atoms with E-state index in [1.807, 2.05) is 6.07 Å². The van der Waals surface area contributed by atoms with Crippen molar-refractivity contribution in [2.45, 2.75) is 6.42 Å². The van der Waals surface area contributed by atoms with Crippen LogP contribution in [0.3, 0.4) is 0 Å². The third-order valence-corrected chi connectivity index (χ3v) is 4.37. The van der Waals surface area contributed by atoms with Gasteiger partial charge in [-0.15, -0.1) is 0 Å².